The number of aromatic nitrogens is 2. The van der Waals surface area contributed by atoms with E-state index in [-0.39, 0.29) is 24.0 Å². The van der Waals surface area contributed by atoms with Gasteiger partial charge in [0.25, 0.3) is 0 Å². The first kappa shape index (κ1) is 26.4. The van der Waals surface area contributed by atoms with Crippen molar-refractivity contribution in [1.82, 2.24) is 4.40 Å². The number of fused-ring (bicyclic) bond motifs is 6. The minimum atomic E-state index is -0.226. The topological polar surface area (TPSA) is 59.1 Å². The van der Waals surface area contributed by atoms with Gasteiger partial charge < -0.3 is 19.7 Å². The molecule has 7 rings (SSSR count). The summed E-state index contributed by atoms with van der Waals surface area (Å²) < 4.78 is 16.8. The second-order valence-electron chi connectivity index (χ2n) is 12.6. The van der Waals surface area contributed by atoms with E-state index in [2.05, 4.69) is 83.3 Å². The number of anilines is 2. The molecule has 0 radical (unpaired) electrons. The Morgan fingerprint density at radius 1 is 1.17 bits per heavy atom. The van der Waals surface area contributed by atoms with Crippen molar-refractivity contribution in [2.24, 2.45) is 0 Å². The Balaban J connectivity index is 1.59. The molecule has 41 heavy (non-hydrogen) atoms. The lowest BCUT2D eigenvalue weighted by molar-refractivity contribution is -0.684. The van der Waals surface area contributed by atoms with Gasteiger partial charge in [-0.3, -0.25) is 4.79 Å². The maximum atomic E-state index is 12.8. The molecule has 0 aliphatic carbocycles. The highest BCUT2D eigenvalue weighted by Crippen LogP contribution is 2.50. The average Bonchev–Trinajstić information content (AvgIpc) is 3.37. The summed E-state index contributed by atoms with van der Waals surface area (Å²) in [4.78, 5) is 17.7. The zero-order valence-electron chi connectivity index (χ0n) is 24.7. The van der Waals surface area contributed by atoms with Gasteiger partial charge in [0.2, 0.25) is 11.5 Å². The largest absolute Gasteiger partial charge is 0.488 e. The number of carbonyl (C=O) groups excluding carboxylic acids is 1. The first-order chi connectivity index (χ1) is 19.7. The molecule has 0 spiro atoms. The molecule has 4 aromatic rings. The Labute approximate surface area is 245 Å². The van der Waals surface area contributed by atoms with Crippen LogP contribution in [0.4, 0.5) is 11.5 Å². The number of rotatable bonds is 4. The van der Waals surface area contributed by atoms with Crippen molar-refractivity contribution in [3.63, 3.8) is 0 Å². The molecular weight excluding hydrogens is 532 g/mol. The number of nitrogens with zero attached hydrogens (tertiary/aromatic N) is 3. The Morgan fingerprint density at radius 2 is 1.93 bits per heavy atom. The highest BCUT2D eigenvalue weighted by molar-refractivity contribution is 7.17. The molecule has 8 heteroatoms. The van der Waals surface area contributed by atoms with Gasteiger partial charge in [-0.15, -0.1) is 0 Å². The molecule has 1 atom stereocenters. The summed E-state index contributed by atoms with van der Waals surface area (Å²) in [6.45, 7) is 11.5. The van der Waals surface area contributed by atoms with Gasteiger partial charge in [0.15, 0.2) is 5.69 Å². The Kier molecular flexibility index (Phi) is 6.30. The second kappa shape index (κ2) is 9.79. The fourth-order valence-corrected chi connectivity index (χ4v) is 8.20. The number of nitrogens with one attached hydrogen (secondary N) is 1. The van der Waals surface area contributed by atoms with Gasteiger partial charge in [0.1, 0.15) is 18.4 Å². The van der Waals surface area contributed by atoms with Crippen LogP contribution in [-0.4, -0.2) is 42.7 Å². The molecule has 0 amide bonds. The molecule has 0 bridgehead atoms. The quantitative estimate of drug-likeness (QED) is 0.229. The number of aryl methyl sites for hydroxylation is 2. The average molecular weight is 572 g/mol. The Morgan fingerprint density at radius 3 is 2.66 bits per heavy atom. The van der Waals surface area contributed by atoms with Crippen molar-refractivity contribution in [2.75, 3.05) is 37.0 Å². The number of hydrogen-bond acceptors (Lipinski definition) is 6. The van der Waals surface area contributed by atoms with E-state index in [4.69, 9.17) is 9.47 Å². The Bertz CT molecular complexity index is 1660. The molecule has 5 heterocycles. The molecule has 0 fully saturated rings. The molecule has 2 aromatic heterocycles. The van der Waals surface area contributed by atoms with E-state index in [0.29, 0.717) is 6.61 Å². The van der Waals surface area contributed by atoms with Crippen LogP contribution in [0.5, 0.6) is 5.75 Å². The SMILES string of the molecule is COC(=O)CC1COc2c(cc3c4c2CCCN4CCC3)-c2c(NC(C)(C)C)n3c(-c4ccccc4)c(C)sc3[n+]21. The lowest BCUT2D eigenvalue weighted by Gasteiger charge is -2.38. The first-order valence-electron chi connectivity index (χ1n) is 14.8. The van der Waals surface area contributed by atoms with Crippen molar-refractivity contribution >= 4 is 33.8 Å². The van der Waals surface area contributed by atoms with Crippen LogP contribution in [0.15, 0.2) is 36.4 Å². The third-order valence-electron chi connectivity index (χ3n) is 8.57. The van der Waals surface area contributed by atoms with Crippen LogP contribution >= 0.6 is 11.3 Å². The number of ether oxygens (including phenoxy) is 2. The lowest BCUT2D eigenvalue weighted by Crippen LogP contribution is -2.43. The lowest BCUT2D eigenvalue weighted by atomic mass is 9.88. The maximum Gasteiger partial charge on any atom is 0.349 e. The number of methoxy groups -OCH3 is 1. The molecule has 1 unspecified atom stereocenters. The molecule has 3 aliphatic rings. The second-order valence-corrected chi connectivity index (χ2v) is 13.8. The Hall–Kier alpha value is -3.52. The van der Waals surface area contributed by atoms with Gasteiger partial charge >= 0.3 is 10.9 Å². The van der Waals surface area contributed by atoms with Gasteiger partial charge in [-0.1, -0.05) is 41.7 Å². The van der Waals surface area contributed by atoms with Gasteiger partial charge in [-0.2, -0.15) is 4.40 Å². The first-order valence-corrected chi connectivity index (χ1v) is 15.6. The van der Waals surface area contributed by atoms with Crippen LogP contribution in [0.25, 0.3) is 27.5 Å². The van der Waals surface area contributed by atoms with E-state index in [0.717, 1.165) is 60.1 Å². The van der Waals surface area contributed by atoms with Gasteiger partial charge in [-0.05, 0) is 65.0 Å². The van der Waals surface area contributed by atoms with Gasteiger partial charge in [0, 0.05) is 35.4 Å². The van der Waals surface area contributed by atoms with E-state index in [9.17, 15) is 4.79 Å². The molecule has 3 aliphatic heterocycles. The molecule has 0 saturated carbocycles. The molecule has 0 saturated heterocycles. The van der Waals surface area contributed by atoms with Gasteiger partial charge in [-0.25, -0.2) is 4.57 Å². The maximum absolute atomic E-state index is 12.8. The van der Waals surface area contributed by atoms with E-state index < -0.39 is 0 Å². The molecular formula is C33H39N4O3S+. The number of thiazole rings is 1. The van der Waals surface area contributed by atoms with Crippen LogP contribution in [-0.2, 0) is 22.4 Å². The summed E-state index contributed by atoms with van der Waals surface area (Å²) in [7, 11) is 1.47. The van der Waals surface area contributed by atoms with Crippen molar-refractivity contribution in [3.05, 3.63) is 52.4 Å². The summed E-state index contributed by atoms with van der Waals surface area (Å²) in [5.41, 5.74) is 8.55. The minimum Gasteiger partial charge on any atom is -0.488 e. The number of esters is 1. The van der Waals surface area contributed by atoms with Crippen molar-refractivity contribution in [2.45, 2.75) is 71.4 Å². The van der Waals surface area contributed by atoms with E-state index in [1.807, 2.05) is 0 Å². The van der Waals surface area contributed by atoms with Crippen molar-refractivity contribution in [3.8, 4) is 28.3 Å². The minimum absolute atomic E-state index is 0.198. The molecule has 1 N–H and O–H groups in total. The molecule has 7 nitrogen and oxygen atoms in total. The summed E-state index contributed by atoms with van der Waals surface area (Å²) in [5, 5.41) is 3.92. The van der Waals surface area contributed by atoms with Crippen molar-refractivity contribution < 1.29 is 18.8 Å². The van der Waals surface area contributed by atoms with Crippen LogP contribution in [0.1, 0.15) is 62.1 Å². The number of hydrogen-bond donors (Lipinski definition) is 1. The van der Waals surface area contributed by atoms with Crippen LogP contribution < -0.4 is 19.5 Å². The highest BCUT2D eigenvalue weighted by atomic mass is 32.1. The van der Waals surface area contributed by atoms with Crippen LogP contribution in [0.3, 0.4) is 0 Å². The highest BCUT2D eigenvalue weighted by Gasteiger charge is 2.43. The third-order valence-corrected chi connectivity index (χ3v) is 9.63. The fraction of sp³-hybridized carbons (Fsp3) is 0.455. The van der Waals surface area contributed by atoms with E-state index in [1.54, 1.807) is 11.3 Å². The zero-order chi connectivity index (χ0) is 28.5. The smallest absolute Gasteiger partial charge is 0.349 e. The third kappa shape index (κ3) is 4.30. The predicted octanol–water partition coefficient (Wildman–Crippen LogP) is 6.34. The van der Waals surface area contributed by atoms with E-state index in [1.165, 1.54) is 46.5 Å². The summed E-state index contributed by atoms with van der Waals surface area (Å²) in [6.07, 6.45) is 4.65. The van der Waals surface area contributed by atoms with Crippen molar-refractivity contribution in [1.29, 1.82) is 0 Å². The standard InChI is InChI=1S/C33H39N4O3S/c1-20-27(21-11-7-6-8-12-21)37-31(34-33(2,3)4)29-25-17-22-13-9-15-35-16-10-14-24(28(22)35)30(25)40-19-23(18-26(38)39-5)36(29)32(37)41-20/h6-8,11-12,17,23,34H,9-10,13-16,18-19H2,1-5H3/q+1. The normalized spacial score (nSPS) is 17.8. The molecule has 214 valence electrons. The summed E-state index contributed by atoms with van der Waals surface area (Å²) in [6, 6.07) is 12.8. The number of carbonyl (C=O) groups is 1. The number of imidazole rings is 1. The molecule has 2 aromatic carbocycles. The fourth-order valence-electron chi connectivity index (χ4n) is 7.01. The zero-order valence-corrected chi connectivity index (χ0v) is 25.5. The summed E-state index contributed by atoms with van der Waals surface area (Å²) in [5.74, 6) is 1.81. The van der Waals surface area contributed by atoms with E-state index >= 15 is 0 Å². The van der Waals surface area contributed by atoms with Crippen LogP contribution in [0, 0.1) is 6.92 Å². The summed E-state index contributed by atoms with van der Waals surface area (Å²) >= 11 is 1.78. The predicted molar refractivity (Wildman–Crippen MR) is 164 cm³/mol. The van der Waals surface area contributed by atoms with Crippen LogP contribution in [0.2, 0.25) is 0 Å². The monoisotopic (exact) mass is 571 g/mol. The van der Waals surface area contributed by atoms with Gasteiger partial charge in [0.05, 0.1) is 24.0 Å². The number of benzene rings is 2.